The zero-order valence-electron chi connectivity index (χ0n) is 10.6. The molecule has 100 valence electrons. The van der Waals surface area contributed by atoms with Crippen LogP contribution in [0.4, 0.5) is 0 Å². The topological polar surface area (TPSA) is 46.9 Å². The van der Waals surface area contributed by atoms with Gasteiger partial charge in [0.05, 0.1) is 22.3 Å². The van der Waals surface area contributed by atoms with Gasteiger partial charge in [0.25, 0.3) is 5.56 Å². The molecular weight excluding hydrogens is 262 g/mol. The molecule has 1 aromatic heterocycles. The molecule has 1 fully saturated rings. The zero-order chi connectivity index (χ0) is 13.2. The van der Waals surface area contributed by atoms with E-state index in [0.29, 0.717) is 21.8 Å². The fraction of sp³-hybridized carbons (Fsp3) is 0.429. The molecule has 0 radical (unpaired) electrons. The minimum Gasteiger partial charge on any atom is -0.316 e. The SMILES string of the molecule is O=c1c2cccc(Cl)c2ncn1CC1CCCNC1. The van der Waals surface area contributed by atoms with Gasteiger partial charge in [-0.2, -0.15) is 0 Å². The first-order valence-electron chi connectivity index (χ1n) is 6.60. The number of nitrogens with one attached hydrogen (secondary N) is 1. The predicted molar refractivity (Wildman–Crippen MR) is 76.6 cm³/mol. The molecule has 0 saturated carbocycles. The van der Waals surface area contributed by atoms with Gasteiger partial charge >= 0.3 is 0 Å². The van der Waals surface area contributed by atoms with Crippen molar-refractivity contribution in [2.45, 2.75) is 19.4 Å². The molecular formula is C14H16ClN3O. The number of para-hydroxylation sites is 1. The van der Waals surface area contributed by atoms with E-state index >= 15 is 0 Å². The molecule has 5 heteroatoms. The summed E-state index contributed by atoms with van der Waals surface area (Å²) in [6.45, 7) is 2.78. The third-order valence-electron chi connectivity index (χ3n) is 3.66. The van der Waals surface area contributed by atoms with Crippen LogP contribution in [0.2, 0.25) is 5.02 Å². The third kappa shape index (κ3) is 2.51. The van der Waals surface area contributed by atoms with Gasteiger partial charge < -0.3 is 5.32 Å². The first-order chi connectivity index (χ1) is 9.25. The standard InChI is InChI=1S/C14H16ClN3O/c15-12-5-1-4-11-13(12)17-9-18(14(11)19)8-10-3-2-6-16-7-10/h1,4-5,9-10,16H,2-3,6-8H2. The molecule has 1 saturated heterocycles. The minimum absolute atomic E-state index is 0.00178. The Balaban J connectivity index is 1.96. The van der Waals surface area contributed by atoms with Crippen LogP contribution >= 0.6 is 11.6 Å². The van der Waals surface area contributed by atoms with Crippen LogP contribution in [-0.2, 0) is 6.54 Å². The van der Waals surface area contributed by atoms with Crippen LogP contribution in [0.3, 0.4) is 0 Å². The Morgan fingerprint density at radius 1 is 1.47 bits per heavy atom. The molecule has 0 amide bonds. The highest BCUT2D eigenvalue weighted by Crippen LogP contribution is 2.18. The zero-order valence-corrected chi connectivity index (χ0v) is 11.4. The lowest BCUT2D eigenvalue weighted by Gasteiger charge is -2.23. The van der Waals surface area contributed by atoms with Crippen LogP contribution in [0.5, 0.6) is 0 Å². The van der Waals surface area contributed by atoms with Crippen molar-refractivity contribution >= 4 is 22.5 Å². The van der Waals surface area contributed by atoms with Gasteiger partial charge in [-0.15, -0.1) is 0 Å². The van der Waals surface area contributed by atoms with Crippen LogP contribution in [0.15, 0.2) is 29.3 Å². The second-order valence-corrected chi connectivity index (χ2v) is 5.46. The highest BCUT2D eigenvalue weighted by Gasteiger charge is 2.15. The summed E-state index contributed by atoms with van der Waals surface area (Å²) in [6, 6.07) is 5.33. The number of halogens is 1. The van der Waals surface area contributed by atoms with Gasteiger partial charge in [-0.3, -0.25) is 9.36 Å². The van der Waals surface area contributed by atoms with Gasteiger partial charge in [-0.05, 0) is 44.0 Å². The van der Waals surface area contributed by atoms with Crippen molar-refractivity contribution in [3.05, 3.63) is 39.9 Å². The van der Waals surface area contributed by atoms with Crippen LogP contribution in [0.1, 0.15) is 12.8 Å². The van der Waals surface area contributed by atoms with E-state index < -0.39 is 0 Å². The smallest absolute Gasteiger partial charge is 0.261 e. The summed E-state index contributed by atoms with van der Waals surface area (Å²) in [5.74, 6) is 0.505. The van der Waals surface area contributed by atoms with E-state index in [1.54, 1.807) is 29.1 Å². The molecule has 0 spiro atoms. The second-order valence-electron chi connectivity index (χ2n) is 5.05. The fourth-order valence-corrected chi connectivity index (χ4v) is 2.87. The van der Waals surface area contributed by atoms with Gasteiger partial charge in [0, 0.05) is 6.54 Å². The number of piperidine rings is 1. The number of rotatable bonds is 2. The molecule has 1 unspecified atom stereocenters. The molecule has 1 N–H and O–H groups in total. The Morgan fingerprint density at radius 2 is 2.37 bits per heavy atom. The Kier molecular flexibility index (Phi) is 3.53. The Bertz CT molecular complexity index is 647. The Morgan fingerprint density at radius 3 is 3.16 bits per heavy atom. The third-order valence-corrected chi connectivity index (χ3v) is 3.96. The molecule has 1 aliphatic rings. The van der Waals surface area contributed by atoms with Crippen molar-refractivity contribution in [3.63, 3.8) is 0 Å². The van der Waals surface area contributed by atoms with Crippen molar-refractivity contribution in [1.82, 2.24) is 14.9 Å². The minimum atomic E-state index is -0.00178. The summed E-state index contributed by atoms with van der Waals surface area (Å²) >= 11 is 6.05. The number of hydrogen-bond acceptors (Lipinski definition) is 3. The maximum absolute atomic E-state index is 12.4. The molecule has 1 aromatic carbocycles. The Hall–Kier alpha value is -1.39. The summed E-state index contributed by atoms with van der Waals surface area (Å²) in [5, 5.41) is 4.49. The van der Waals surface area contributed by atoms with Crippen molar-refractivity contribution in [2.24, 2.45) is 5.92 Å². The first kappa shape index (κ1) is 12.6. The quantitative estimate of drug-likeness (QED) is 0.914. The van der Waals surface area contributed by atoms with Gasteiger partial charge in [0.15, 0.2) is 0 Å². The average Bonchev–Trinajstić information content (AvgIpc) is 2.44. The highest BCUT2D eigenvalue weighted by atomic mass is 35.5. The number of nitrogens with zero attached hydrogens (tertiary/aromatic N) is 2. The monoisotopic (exact) mass is 277 g/mol. The second kappa shape index (κ2) is 5.31. The van der Waals surface area contributed by atoms with Crippen molar-refractivity contribution in [1.29, 1.82) is 0 Å². The van der Waals surface area contributed by atoms with E-state index in [-0.39, 0.29) is 5.56 Å². The van der Waals surface area contributed by atoms with Gasteiger partial charge in [0.2, 0.25) is 0 Å². The van der Waals surface area contributed by atoms with Gasteiger partial charge in [-0.1, -0.05) is 17.7 Å². The van der Waals surface area contributed by atoms with E-state index in [1.807, 2.05) is 0 Å². The summed E-state index contributed by atoms with van der Waals surface area (Å²) in [4.78, 5) is 16.7. The molecule has 2 aromatic rings. The van der Waals surface area contributed by atoms with Crippen molar-refractivity contribution < 1.29 is 0 Å². The maximum Gasteiger partial charge on any atom is 0.261 e. The fourth-order valence-electron chi connectivity index (χ4n) is 2.64. The van der Waals surface area contributed by atoms with E-state index in [2.05, 4.69) is 10.3 Å². The maximum atomic E-state index is 12.4. The number of aromatic nitrogens is 2. The van der Waals surface area contributed by atoms with E-state index in [1.165, 1.54) is 6.42 Å². The summed E-state index contributed by atoms with van der Waals surface area (Å²) in [5.41, 5.74) is 0.588. The van der Waals surface area contributed by atoms with E-state index in [9.17, 15) is 4.79 Å². The van der Waals surface area contributed by atoms with Crippen LogP contribution in [0.25, 0.3) is 10.9 Å². The van der Waals surface area contributed by atoms with Crippen molar-refractivity contribution in [2.75, 3.05) is 13.1 Å². The molecule has 3 rings (SSSR count). The van der Waals surface area contributed by atoms with Gasteiger partial charge in [0.1, 0.15) is 0 Å². The highest BCUT2D eigenvalue weighted by molar-refractivity contribution is 6.34. The Labute approximate surface area is 116 Å². The molecule has 1 aliphatic heterocycles. The predicted octanol–water partition coefficient (Wildman–Crippen LogP) is 2.05. The lowest BCUT2D eigenvalue weighted by atomic mass is 10.00. The molecule has 1 atom stereocenters. The average molecular weight is 278 g/mol. The molecule has 19 heavy (non-hydrogen) atoms. The summed E-state index contributed by atoms with van der Waals surface area (Å²) in [7, 11) is 0. The lowest BCUT2D eigenvalue weighted by molar-refractivity contribution is 0.333. The molecule has 2 heterocycles. The largest absolute Gasteiger partial charge is 0.316 e. The van der Waals surface area contributed by atoms with Crippen LogP contribution in [-0.4, -0.2) is 22.6 Å². The van der Waals surface area contributed by atoms with Crippen LogP contribution < -0.4 is 10.9 Å². The van der Waals surface area contributed by atoms with Crippen LogP contribution in [0, 0.1) is 5.92 Å². The summed E-state index contributed by atoms with van der Waals surface area (Å²) < 4.78 is 1.70. The van der Waals surface area contributed by atoms with Gasteiger partial charge in [-0.25, -0.2) is 4.98 Å². The number of fused-ring (bicyclic) bond motifs is 1. The lowest BCUT2D eigenvalue weighted by Crippen LogP contribution is -2.34. The number of hydrogen-bond donors (Lipinski definition) is 1. The molecule has 4 nitrogen and oxygen atoms in total. The van der Waals surface area contributed by atoms with E-state index in [0.717, 1.165) is 26.1 Å². The van der Waals surface area contributed by atoms with Crippen molar-refractivity contribution in [3.8, 4) is 0 Å². The van der Waals surface area contributed by atoms with E-state index in [4.69, 9.17) is 11.6 Å². The number of benzene rings is 1. The molecule has 0 aliphatic carbocycles. The summed E-state index contributed by atoms with van der Waals surface area (Å²) in [6.07, 6.45) is 3.95. The molecule has 0 bridgehead atoms. The first-order valence-corrected chi connectivity index (χ1v) is 6.98. The normalized spacial score (nSPS) is 19.7.